The summed E-state index contributed by atoms with van der Waals surface area (Å²) in [5.41, 5.74) is 1.77. The number of halogens is 2. The highest BCUT2D eigenvalue weighted by atomic mass is 35.5. The van der Waals surface area contributed by atoms with E-state index < -0.39 is 5.82 Å². The van der Waals surface area contributed by atoms with Gasteiger partial charge in [0.25, 0.3) is 5.91 Å². The van der Waals surface area contributed by atoms with Crippen molar-refractivity contribution in [1.82, 2.24) is 0 Å². The fourth-order valence-electron chi connectivity index (χ4n) is 1.57. The van der Waals surface area contributed by atoms with Crippen molar-refractivity contribution in [2.45, 2.75) is 0 Å². The minimum atomic E-state index is -0.565. The minimum Gasteiger partial charge on any atom is -0.388 e. The van der Waals surface area contributed by atoms with Crippen LogP contribution in [0.4, 0.5) is 15.8 Å². The average molecular weight is 279 g/mol. The maximum atomic E-state index is 13.2. The van der Waals surface area contributed by atoms with Crippen LogP contribution in [0.1, 0.15) is 10.4 Å². The quantitative estimate of drug-likeness (QED) is 0.897. The van der Waals surface area contributed by atoms with Crippen molar-refractivity contribution < 1.29 is 9.18 Å². The molecule has 2 aromatic rings. The van der Waals surface area contributed by atoms with E-state index in [1.807, 2.05) is 0 Å². The molecule has 0 bridgehead atoms. The van der Waals surface area contributed by atoms with Crippen molar-refractivity contribution in [1.29, 1.82) is 0 Å². The Morgan fingerprint density at radius 2 is 1.74 bits per heavy atom. The second-order valence-electron chi connectivity index (χ2n) is 3.91. The Morgan fingerprint density at radius 3 is 2.32 bits per heavy atom. The van der Waals surface area contributed by atoms with Crippen molar-refractivity contribution in [3.63, 3.8) is 0 Å². The predicted molar refractivity (Wildman–Crippen MR) is 75.4 cm³/mol. The van der Waals surface area contributed by atoms with E-state index >= 15 is 0 Å². The highest BCUT2D eigenvalue weighted by Gasteiger charge is 2.07. The second kappa shape index (κ2) is 5.71. The van der Waals surface area contributed by atoms with Crippen LogP contribution in [0.15, 0.2) is 42.5 Å². The van der Waals surface area contributed by atoms with Gasteiger partial charge in [0.15, 0.2) is 0 Å². The van der Waals surface area contributed by atoms with Gasteiger partial charge in [-0.2, -0.15) is 0 Å². The summed E-state index contributed by atoms with van der Waals surface area (Å²) in [6.07, 6.45) is 0. The zero-order chi connectivity index (χ0) is 13.8. The number of amides is 1. The maximum absolute atomic E-state index is 13.2. The molecule has 2 rings (SSSR count). The fraction of sp³-hybridized carbons (Fsp3) is 0.0714. The Morgan fingerprint density at radius 1 is 1.11 bits per heavy atom. The number of anilines is 2. The third kappa shape index (κ3) is 3.23. The topological polar surface area (TPSA) is 41.1 Å². The lowest BCUT2D eigenvalue weighted by atomic mass is 10.2. The van der Waals surface area contributed by atoms with Crippen LogP contribution in [0.3, 0.4) is 0 Å². The third-order valence-electron chi connectivity index (χ3n) is 2.61. The largest absolute Gasteiger partial charge is 0.388 e. The number of rotatable bonds is 3. The molecular weight excluding hydrogens is 267 g/mol. The van der Waals surface area contributed by atoms with Crippen molar-refractivity contribution in [2.24, 2.45) is 0 Å². The summed E-state index contributed by atoms with van der Waals surface area (Å²) in [7, 11) is 1.80. The van der Waals surface area contributed by atoms with Gasteiger partial charge in [0.2, 0.25) is 0 Å². The number of nitrogens with one attached hydrogen (secondary N) is 2. The molecule has 0 saturated carbocycles. The van der Waals surface area contributed by atoms with Crippen molar-refractivity contribution >= 4 is 28.9 Å². The van der Waals surface area contributed by atoms with E-state index in [0.29, 0.717) is 11.3 Å². The molecule has 0 atom stereocenters. The van der Waals surface area contributed by atoms with Crippen LogP contribution in [0.25, 0.3) is 0 Å². The molecule has 0 heterocycles. The number of carbonyl (C=O) groups is 1. The smallest absolute Gasteiger partial charge is 0.255 e. The van der Waals surface area contributed by atoms with Gasteiger partial charge in [-0.1, -0.05) is 11.6 Å². The molecule has 2 N–H and O–H groups in total. The molecular formula is C14H12ClFN2O. The Balaban J connectivity index is 2.13. The van der Waals surface area contributed by atoms with Crippen LogP contribution >= 0.6 is 11.6 Å². The van der Waals surface area contributed by atoms with Gasteiger partial charge in [0.1, 0.15) is 5.82 Å². The third-order valence-corrected chi connectivity index (χ3v) is 2.92. The van der Waals surface area contributed by atoms with Crippen LogP contribution in [0, 0.1) is 5.82 Å². The van der Waals surface area contributed by atoms with E-state index in [2.05, 4.69) is 10.6 Å². The zero-order valence-electron chi connectivity index (χ0n) is 10.2. The van der Waals surface area contributed by atoms with E-state index in [9.17, 15) is 9.18 Å². The van der Waals surface area contributed by atoms with Gasteiger partial charge < -0.3 is 10.6 Å². The number of carbonyl (C=O) groups excluding carboxylic acids is 1. The Labute approximate surface area is 115 Å². The lowest BCUT2D eigenvalue weighted by Crippen LogP contribution is -2.11. The van der Waals surface area contributed by atoms with Gasteiger partial charge in [-0.3, -0.25) is 4.79 Å². The second-order valence-corrected chi connectivity index (χ2v) is 4.32. The van der Waals surface area contributed by atoms with Gasteiger partial charge in [-0.25, -0.2) is 4.39 Å². The zero-order valence-corrected chi connectivity index (χ0v) is 11.0. The summed E-state index contributed by atoms with van der Waals surface area (Å²) in [5, 5.41) is 5.59. The molecule has 0 fully saturated rings. The number of hydrogen-bond donors (Lipinski definition) is 2. The molecule has 0 radical (unpaired) electrons. The van der Waals surface area contributed by atoms with E-state index in [4.69, 9.17) is 11.6 Å². The van der Waals surface area contributed by atoms with Crippen LogP contribution in [-0.4, -0.2) is 13.0 Å². The SMILES string of the molecule is CNc1ccc(C(=O)Nc2ccc(Cl)c(F)c2)cc1. The number of benzene rings is 2. The minimum absolute atomic E-state index is 0.0244. The summed E-state index contributed by atoms with van der Waals surface area (Å²) < 4.78 is 13.2. The van der Waals surface area contributed by atoms with Crippen LogP contribution in [0.2, 0.25) is 5.02 Å². The van der Waals surface area contributed by atoms with Gasteiger partial charge in [-0.05, 0) is 42.5 Å². The highest BCUT2D eigenvalue weighted by molar-refractivity contribution is 6.30. The molecule has 19 heavy (non-hydrogen) atoms. The average Bonchev–Trinajstić information content (AvgIpc) is 2.43. The van der Waals surface area contributed by atoms with Crippen LogP contribution < -0.4 is 10.6 Å². The molecule has 0 spiro atoms. The summed E-state index contributed by atoms with van der Waals surface area (Å²) >= 11 is 5.57. The first-order valence-electron chi connectivity index (χ1n) is 5.64. The summed E-state index contributed by atoms with van der Waals surface area (Å²) in [5.74, 6) is -0.866. The summed E-state index contributed by atoms with van der Waals surface area (Å²) in [6, 6.07) is 11.1. The molecule has 98 valence electrons. The first kappa shape index (κ1) is 13.4. The van der Waals surface area contributed by atoms with Crippen molar-refractivity contribution in [2.75, 3.05) is 17.7 Å². The maximum Gasteiger partial charge on any atom is 0.255 e. The molecule has 0 saturated heterocycles. The van der Waals surface area contributed by atoms with Crippen LogP contribution in [-0.2, 0) is 0 Å². The first-order valence-corrected chi connectivity index (χ1v) is 6.02. The standard InChI is InChI=1S/C14H12ClFN2O/c1-17-10-4-2-9(3-5-10)14(19)18-11-6-7-12(15)13(16)8-11/h2-8,17H,1H3,(H,18,19). The van der Waals surface area contributed by atoms with Gasteiger partial charge in [0.05, 0.1) is 5.02 Å². The molecule has 0 aliphatic rings. The molecule has 0 unspecified atom stereocenters. The van der Waals surface area contributed by atoms with Gasteiger partial charge >= 0.3 is 0 Å². The van der Waals surface area contributed by atoms with E-state index in [1.165, 1.54) is 12.1 Å². The predicted octanol–water partition coefficient (Wildman–Crippen LogP) is 3.77. The van der Waals surface area contributed by atoms with Gasteiger partial charge in [-0.15, -0.1) is 0 Å². The lowest BCUT2D eigenvalue weighted by molar-refractivity contribution is 0.102. The van der Waals surface area contributed by atoms with E-state index in [1.54, 1.807) is 37.4 Å². The monoisotopic (exact) mass is 278 g/mol. The molecule has 0 aliphatic carbocycles. The summed E-state index contributed by atoms with van der Waals surface area (Å²) in [4.78, 5) is 11.9. The molecule has 0 aromatic heterocycles. The molecule has 3 nitrogen and oxygen atoms in total. The van der Waals surface area contributed by atoms with E-state index in [0.717, 1.165) is 5.69 Å². The molecule has 5 heteroatoms. The Kier molecular flexibility index (Phi) is 4.02. The first-order chi connectivity index (χ1) is 9.10. The molecule has 0 aliphatic heterocycles. The fourth-order valence-corrected chi connectivity index (χ4v) is 1.68. The lowest BCUT2D eigenvalue weighted by Gasteiger charge is -2.07. The molecule has 2 aromatic carbocycles. The Hall–Kier alpha value is -2.07. The molecule has 1 amide bonds. The highest BCUT2D eigenvalue weighted by Crippen LogP contribution is 2.19. The Bertz CT molecular complexity index is 599. The number of hydrogen-bond acceptors (Lipinski definition) is 2. The van der Waals surface area contributed by atoms with Gasteiger partial charge in [0, 0.05) is 24.0 Å². The van der Waals surface area contributed by atoms with Crippen molar-refractivity contribution in [3.8, 4) is 0 Å². The van der Waals surface area contributed by atoms with Crippen molar-refractivity contribution in [3.05, 3.63) is 58.9 Å². The van der Waals surface area contributed by atoms with E-state index in [-0.39, 0.29) is 10.9 Å². The summed E-state index contributed by atoms with van der Waals surface area (Å²) in [6.45, 7) is 0. The van der Waals surface area contributed by atoms with Crippen LogP contribution in [0.5, 0.6) is 0 Å². The normalized spacial score (nSPS) is 10.1.